The van der Waals surface area contributed by atoms with Gasteiger partial charge >= 0.3 is 0 Å². The van der Waals surface area contributed by atoms with E-state index >= 15 is 0 Å². The smallest absolute Gasteiger partial charge is 0.277 e. The third-order valence-corrected chi connectivity index (χ3v) is 4.80. The van der Waals surface area contributed by atoms with E-state index in [1.54, 1.807) is 24.7 Å². The van der Waals surface area contributed by atoms with E-state index in [1.807, 2.05) is 23.6 Å². The maximum Gasteiger partial charge on any atom is 0.277 e. The van der Waals surface area contributed by atoms with E-state index < -0.39 is 5.91 Å². The Hall–Kier alpha value is -4.12. The molecule has 0 radical (unpaired) electrons. The number of nitrogens with zero attached hydrogens (tertiary/aromatic N) is 8. The SMILES string of the molecule is O=C(Nc1nc(-c2ccc3ccncc3n2)cs1)c1cnnn1-c1ccncn1. The van der Waals surface area contributed by atoms with Gasteiger partial charge in [0.2, 0.25) is 0 Å². The fourth-order valence-corrected chi connectivity index (χ4v) is 3.39. The number of carbonyl (C=O) groups is 1. The first-order valence-electron chi connectivity index (χ1n) is 8.43. The lowest BCUT2D eigenvalue weighted by Gasteiger charge is -2.04. The summed E-state index contributed by atoms with van der Waals surface area (Å²) in [6, 6.07) is 7.38. The van der Waals surface area contributed by atoms with Crippen molar-refractivity contribution in [2.24, 2.45) is 0 Å². The average Bonchev–Trinajstić information content (AvgIpc) is 3.44. The molecule has 5 aromatic rings. The van der Waals surface area contributed by atoms with Crippen molar-refractivity contribution in [3.05, 3.63) is 66.5 Å². The van der Waals surface area contributed by atoms with Crippen molar-refractivity contribution < 1.29 is 4.79 Å². The standard InChI is InChI=1S/C18H11N9OS/c28-17(15-8-22-26-27(15)16-4-6-20-10-21-16)25-18-24-14(9-29-18)12-2-1-11-3-5-19-7-13(11)23-12/h1-10H,(H,24,25,28). The molecule has 0 aliphatic rings. The molecular formula is C18H11N9OS. The highest BCUT2D eigenvalue weighted by Crippen LogP contribution is 2.25. The largest absolute Gasteiger partial charge is 0.296 e. The van der Waals surface area contributed by atoms with Gasteiger partial charge in [0.25, 0.3) is 5.91 Å². The van der Waals surface area contributed by atoms with Gasteiger partial charge in [-0.05, 0) is 12.1 Å². The molecule has 0 bridgehead atoms. The van der Waals surface area contributed by atoms with Crippen LogP contribution in [0.25, 0.3) is 28.1 Å². The lowest BCUT2D eigenvalue weighted by Crippen LogP contribution is -2.17. The Bertz CT molecular complexity index is 1320. The second-order valence-corrected chi connectivity index (χ2v) is 6.71. The summed E-state index contributed by atoms with van der Waals surface area (Å²) in [5.41, 5.74) is 2.38. The topological polar surface area (TPSA) is 124 Å². The Balaban J connectivity index is 1.39. The molecule has 5 heterocycles. The van der Waals surface area contributed by atoms with Gasteiger partial charge in [0.05, 0.1) is 23.6 Å². The van der Waals surface area contributed by atoms with Crippen LogP contribution in [-0.2, 0) is 0 Å². The third-order valence-electron chi connectivity index (χ3n) is 4.05. The second kappa shape index (κ2) is 7.13. The van der Waals surface area contributed by atoms with E-state index in [2.05, 4.69) is 40.5 Å². The van der Waals surface area contributed by atoms with Gasteiger partial charge < -0.3 is 0 Å². The molecule has 29 heavy (non-hydrogen) atoms. The Morgan fingerprint density at radius 2 is 1.93 bits per heavy atom. The van der Waals surface area contributed by atoms with Gasteiger partial charge in [0.1, 0.15) is 12.0 Å². The van der Waals surface area contributed by atoms with Crippen LogP contribution in [0.3, 0.4) is 0 Å². The quantitative estimate of drug-likeness (QED) is 0.487. The zero-order valence-corrected chi connectivity index (χ0v) is 15.5. The van der Waals surface area contributed by atoms with Crippen molar-refractivity contribution in [2.75, 3.05) is 5.32 Å². The van der Waals surface area contributed by atoms with Crippen molar-refractivity contribution in [3.8, 4) is 17.2 Å². The number of pyridine rings is 2. The van der Waals surface area contributed by atoms with E-state index in [9.17, 15) is 4.79 Å². The summed E-state index contributed by atoms with van der Waals surface area (Å²) >= 11 is 1.30. The first-order chi connectivity index (χ1) is 14.3. The van der Waals surface area contributed by atoms with Gasteiger partial charge in [-0.1, -0.05) is 11.3 Å². The van der Waals surface area contributed by atoms with Crippen molar-refractivity contribution >= 4 is 33.3 Å². The number of thiazole rings is 1. The summed E-state index contributed by atoms with van der Waals surface area (Å²) in [5.74, 6) is 0.0432. The van der Waals surface area contributed by atoms with Gasteiger partial charge in [0, 0.05) is 29.2 Å². The van der Waals surface area contributed by atoms with Crippen molar-refractivity contribution in [2.45, 2.75) is 0 Å². The fourth-order valence-electron chi connectivity index (χ4n) is 2.69. The number of hydrogen-bond acceptors (Lipinski definition) is 9. The van der Waals surface area contributed by atoms with E-state index in [1.165, 1.54) is 28.5 Å². The van der Waals surface area contributed by atoms with Crippen LogP contribution in [0.15, 0.2) is 60.8 Å². The number of hydrogen-bond donors (Lipinski definition) is 1. The molecule has 0 unspecified atom stereocenters. The highest BCUT2D eigenvalue weighted by molar-refractivity contribution is 7.14. The molecule has 0 aliphatic carbocycles. The molecule has 0 aliphatic heterocycles. The minimum atomic E-state index is -0.398. The molecule has 0 spiro atoms. The van der Waals surface area contributed by atoms with Crippen LogP contribution in [0.5, 0.6) is 0 Å². The third kappa shape index (κ3) is 3.30. The molecule has 0 saturated heterocycles. The predicted molar refractivity (Wildman–Crippen MR) is 106 cm³/mol. The maximum atomic E-state index is 12.7. The summed E-state index contributed by atoms with van der Waals surface area (Å²) in [6.45, 7) is 0. The number of rotatable bonds is 4. The average molecular weight is 401 g/mol. The second-order valence-electron chi connectivity index (χ2n) is 5.86. The lowest BCUT2D eigenvalue weighted by molar-refractivity contribution is 0.101. The van der Waals surface area contributed by atoms with Crippen LogP contribution in [0.1, 0.15) is 10.5 Å². The molecule has 5 aromatic heterocycles. The van der Waals surface area contributed by atoms with E-state index in [0.29, 0.717) is 22.3 Å². The van der Waals surface area contributed by atoms with Crippen LogP contribution in [-0.4, -0.2) is 45.8 Å². The van der Waals surface area contributed by atoms with Crippen LogP contribution >= 0.6 is 11.3 Å². The van der Waals surface area contributed by atoms with Gasteiger partial charge in [0.15, 0.2) is 16.6 Å². The maximum absolute atomic E-state index is 12.7. The number of fused-ring (bicyclic) bond motifs is 1. The van der Waals surface area contributed by atoms with Gasteiger partial charge in [-0.15, -0.1) is 16.4 Å². The molecule has 1 N–H and O–H groups in total. The zero-order chi connectivity index (χ0) is 19.6. The normalized spacial score (nSPS) is 10.9. The summed E-state index contributed by atoms with van der Waals surface area (Å²) in [4.78, 5) is 33.8. The van der Waals surface area contributed by atoms with Crippen LogP contribution in [0.4, 0.5) is 5.13 Å². The van der Waals surface area contributed by atoms with Gasteiger partial charge in [-0.25, -0.2) is 19.9 Å². The summed E-state index contributed by atoms with van der Waals surface area (Å²) in [5, 5.41) is 13.8. The van der Waals surface area contributed by atoms with Gasteiger partial charge in [-0.3, -0.25) is 15.1 Å². The molecule has 10 nitrogen and oxygen atoms in total. The number of anilines is 1. The summed E-state index contributed by atoms with van der Waals surface area (Å²) in [6.07, 6.45) is 7.73. The molecule has 5 rings (SSSR count). The molecular weight excluding hydrogens is 390 g/mol. The van der Waals surface area contributed by atoms with Crippen LogP contribution in [0.2, 0.25) is 0 Å². The molecule has 0 fully saturated rings. The number of aromatic nitrogens is 8. The highest BCUT2D eigenvalue weighted by Gasteiger charge is 2.17. The summed E-state index contributed by atoms with van der Waals surface area (Å²) < 4.78 is 1.34. The van der Waals surface area contributed by atoms with E-state index in [0.717, 1.165) is 10.9 Å². The first-order valence-corrected chi connectivity index (χ1v) is 9.31. The molecule has 1 amide bonds. The monoisotopic (exact) mass is 401 g/mol. The number of amides is 1. The first kappa shape index (κ1) is 17.0. The Kier molecular flexibility index (Phi) is 4.18. The van der Waals surface area contributed by atoms with E-state index in [-0.39, 0.29) is 5.69 Å². The molecule has 0 atom stereocenters. The van der Waals surface area contributed by atoms with Crippen molar-refractivity contribution in [3.63, 3.8) is 0 Å². The highest BCUT2D eigenvalue weighted by atomic mass is 32.1. The molecule has 11 heteroatoms. The minimum absolute atomic E-state index is 0.232. The van der Waals surface area contributed by atoms with Crippen LogP contribution < -0.4 is 5.32 Å². The summed E-state index contributed by atoms with van der Waals surface area (Å²) in [7, 11) is 0. The fraction of sp³-hybridized carbons (Fsp3) is 0. The lowest BCUT2D eigenvalue weighted by atomic mass is 10.2. The molecule has 0 aromatic carbocycles. The van der Waals surface area contributed by atoms with Crippen molar-refractivity contribution in [1.82, 2.24) is 39.9 Å². The number of nitrogens with one attached hydrogen (secondary N) is 1. The zero-order valence-electron chi connectivity index (χ0n) is 14.7. The Labute approximate surface area is 167 Å². The molecule has 0 saturated carbocycles. The molecule has 140 valence electrons. The Morgan fingerprint density at radius 1 is 1.00 bits per heavy atom. The predicted octanol–water partition coefficient (Wildman–Crippen LogP) is 2.38. The van der Waals surface area contributed by atoms with Crippen LogP contribution in [0, 0.1) is 0 Å². The Morgan fingerprint density at radius 3 is 2.83 bits per heavy atom. The van der Waals surface area contributed by atoms with E-state index in [4.69, 9.17) is 0 Å². The minimum Gasteiger partial charge on any atom is -0.296 e. The van der Waals surface area contributed by atoms with Crippen molar-refractivity contribution in [1.29, 1.82) is 0 Å². The van der Waals surface area contributed by atoms with Gasteiger partial charge in [-0.2, -0.15) is 4.68 Å². The number of carbonyl (C=O) groups excluding carboxylic acids is 1.